The molecule has 0 saturated carbocycles. The van der Waals surface area contributed by atoms with Crippen LogP contribution in [0.5, 0.6) is 0 Å². The highest BCUT2D eigenvalue weighted by Crippen LogP contribution is 2.32. The van der Waals surface area contributed by atoms with E-state index in [-0.39, 0.29) is 12.1 Å². The van der Waals surface area contributed by atoms with Gasteiger partial charge in [0.25, 0.3) is 5.89 Å². The van der Waals surface area contributed by atoms with Crippen LogP contribution >= 0.6 is 0 Å². The number of rotatable bonds is 3. The number of likely N-dealkylation sites (tertiary alicyclic amines) is 1. The van der Waals surface area contributed by atoms with Gasteiger partial charge in [0, 0.05) is 20.0 Å². The number of carbonyl (C=O) groups is 2. The van der Waals surface area contributed by atoms with Crippen LogP contribution < -0.4 is 5.32 Å². The maximum absolute atomic E-state index is 12.9. The number of ether oxygens (including phenoxy) is 1. The molecule has 1 aromatic heterocycles. The number of carbonyl (C=O) groups excluding carboxylic acids is 2. The lowest BCUT2D eigenvalue weighted by atomic mass is 9.93. The summed E-state index contributed by atoms with van der Waals surface area (Å²) in [5.74, 6) is 0.982. The molecule has 148 valence electrons. The van der Waals surface area contributed by atoms with Gasteiger partial charge in [0.1, 0.15) is 5.60 Å². The average molecular weight is 385 g/mol. The molecule has 9 heteroatoms. The highest BCUT2D eigenvalue weighted by Gasteiger charge is 2.47. The van der Waals surface area contributed by atoms with Crippen LogP contribution in [-0.4, -0.2) is 64.3 Å². The van der Waals surface area contributed by atoms with Crippen molar-refractivity contribution in [3.63, 3.8) is 0 Å². The lowest BCUT2D eigenvalue weighted by molar-refractivity contribution is 0.00497. The van der Waals surface area contributed by atoms with Crippen molar-refractivity contribution in [3.8, 4) is 11.5 Å². The minimum absolute atomic E-state index is 0.243. The Morgan fingerprint density at radius 3 is 2.86 bits per heavy atom. The van der Waals surface area contributed by atoms with Gasteiger partial charge in [-0.3, -0.25) is 0 Å². The Morgan fingerprint density at radius 1 is 1.32 bits per heavy atom. The largest absolute Gasteiger partial charge is 0.439 e. The number of aryl methyl sites for hydroxylation is 1. The van der Waals surface area contributed by atoms with E-state index in [1.807, 2.05) is 25.1 Å². The molecule has 1 atom stereocenters. The molecule has 1 N–H and O–H groups in total. The summed E-state index contributed by atoms with van der Waals surface area (Å²) in [4.78, 5) is 32.3. The number of likely N-dealkylation sites (N-methyl/N-ethyl adjacent to an activating group) is 1. The van der Waals surface area contributed by atoms with Gasteiger partial charge in [-0.2, -0.15) is 4.98 Å². The van der Waals surface area contributed by atoms with Crippen LogP contribution in [-0.2, 0) is 11.2 Å². The fourth-order valence-corrected chi connectivity index (χ4v) is 3.76. The molecule has 0 aliphatic carbocycles. The van der Waals surface area contributed by atoms with Gasteiger partial charge in [0.05, 0.1) is 24.3 Å². The topological polar surface area (TPSA) is 101 Å². The first-order valence-electron chi connectivity index (χ1n) is 9.42. The van der Waals surface area contributed by atoms with Gasteiger partial charge in [-0.1, -0.05) is 24.2 Å². The minimum atomic E-state index is -0.622. The normalized spacial score (nSPS) is 21.9. The lowest BCUT2D eigenvalue weighted by Gasteiger charge is -2.38. The molecule has 0 bridgehead atoms. The number of para-hydroxylation sites is 1. The fraction of sp³-hybridized carbons (Fsp3) is 0.474. The number of piperidine rings is 1. The van der Waals surface area contributed by atoms with Crippen molar-refractivity contribution in [1.29, 1.82) is 0 Å². The number of benzene rings is 1. The van der Waals surface area contributed by atoms with Crippen molar-refractivity contribution in [1.82, 2.24) is 19.9 Å². The molecule has 3 heterocycles. The van der Waals surface area contributed by atoms with E-state index in [1.165, 1.54) is 0 Å². The van der Waals surface area contributed by atoms with Crippen molar-refractivity contribution < 1.29 is 18.8 Å². The number of aromatic nitrogens is 2. The first-order valence-corrected chi connectivity index (χ1v) is 9.42. The summed E-state index contributed by atoms with van der Waals surface area (Å²) in [6, 6.07) is 7.07. The van der Waals surface area contributed by atoms with Gasteiger partial charge in [0.15, 0.2) is 5.82 Å². The molecule has 1 aromatic carbocycles. The van der Waals surface area contributed by atoms with E-state index in [2.05, 4.69) is 15.5 Å². The Bertz CT molecular complexity index is 898. The number of nitrogens with zero attached hydrogens (tertiary/aromatic N) is 4. The second-order valence-electron chi connectivity index (χ2n) is 7.28. The molecular weight excluding hydrogens is 362 g/mol. The predicted molar refractivity (Wildman–Crippen MR) is 101 cm³/mol. The van der Waals surface area contributed by atoms with Crippen LogP contribution in [0.4, 0.5) is 15.3 Å². The zero-order valence-electron chi connectivity index (χ0n) is 16.0. The van der Waals surface area contributed by atoms with Gasteiger partial charge in [-0.05, 0) is 25.0 Å². The maximum Gasteiger partial charge on any atom is 0.410 e. The van der Waals surface area contributed by atoms with Gasteiger partial charge < -0.3 is 24.4 Å². The summed E-state index contributed by atoms with van der Waals surface area (Å²) in [5, 5.41) is 6.86. The Balaban J connectivity index is 1.50. The molecule has 28 heavy (non-hydrogen) atoms. The minimum Gasteiger partial charge on any atom is -0.439 e. The molecule has 2 fully saturated rings. The number of hydrogen-bond acceptors (Lipinski definition) is 6. The molecule has 1 spiro atoms. The lowest BCUT2D eigenvalue weighted by Crippen LogP contribution is -2.53. The third kappa shape index (κ3) is 3.39. The van der Waals surface area contributed by atoms with E-state index in [9.17, 15) is 9.59 Å². The summed E-state index contributed by atoms with van der Waals surface area (Å²) in [6.07, 6.45) is 1.86. The summed E-state index contributed by atoms with van der Waals surface area (Å²) in [6.45, 7) is 3.42. The molecule has 2 aliphatic rings. The summed E-state index contributed by atoms with van der Waals surface area (Å²) in [5.41, 5.74) is 0.643. The third-order valence-electron chi connectivity index (χ3n) is 5.15. The Hall–Kier alpha value is -3.10. The van der Waals surface area contributed by atoms with Crippen LogP contribution in [0.25, 0.3) is 11.5 Å². The first kappa shape index (κ1) is 18.3. The molecule has 0 radical (unpaired) electrons. The number of urea groups is 1. The molecule has 0 unspecified atom stereocenters. The summed E-state index contributed by atoms with van der Waals surface area (Å²) < 4.78 is 10.9. The molecule has 2 aliphatic heterocycles. The molecule has 4 rings (SSSR count). The zero-order valence-corrected chi connectivity index (χ0v) is 16.0. The molecule has 2 aromatic rings. The number of hydrogen-bond donors (Lipinski definition) is 1. The van der Waals surface area contributed by atoms with E-state index < -0.39 is 5.60 Å². The molecule has 9 nitrogen and oxygen atoms in total. The van der Waals surface area contributed by atoms with E-state index in [0.717, 1.165) is 12.8 Å². The number of anilines is 1. The average Bonchev–Trinajstić information content (AvgIpc) is 3.27. The van der Waals surface area contributed by atoms with Gasteiger partial charge in [-0.25, -0.2) is 9.59 Å². The van der Waals surface area contributed by atoms with Crippen LogP contribution in [0, 0.1) is 0 Å². The number of nitrogens with one attached hydrogen (secondary N) is 1. The quantitative estimate of drug-likeness (QED) is 0.872. The highest BCUT2D eigenvalue weighted by molar-refractivity contribution is 5.93. The second-order valence-corrected chi connectivity index (χ2v) is 7.28. The number of amides is 3. The Labute approximate surface area is 162 Å². The maximum atomic E-state index is 12.9. The SMILES string of the molecule is CCc1noc(-c2ccccc2NC(=O)N2CCC[C@]3(CN(C)C(=O)O3)C2)n1. The van der Waals surface area contributed by atoms with Crippen molar-refractivity contribution in [3.05, 3.63) is 30.1 Å². The summed E-state index contributed by atoms with van der Waals surface area (Å²) >= 11 is 0. The highest BCUT2D eigenvalue weighted by atomic mass is 16.6. The van der Waals surface area contributed by atoms with Gasteiger partial charge in [0.2, 0.25) is 0 Å². The second kappa shape index (κ2) is 7.14. The Morgan fingerprint density at radius 2 is 2.14 bits per heavy atom. The van der Waals surface area contributed by atoms with Crippen LogP contribution in [0.15, 0.2) is 28.8 Å². The summed E-state index contributed by atoms with van der Waals surface area (Å²) in [7, 11) is 1.71. The van der Waals surface area contributed by atoms with Gasteiger partial charge in [-0.15, -0.1) is 0 Å². The van der Waals surface area contributed by atoms with Crippen molar-refractivity contribution in [2.45, 2.75) is 31.8 Å². The van der Waals surface area contributed by atoms with Gasteiger partial charge >= 0.3 is 12.1 Å². The zero-order chi connectivity index (χ0) is 19.7. The van der Waals surface area contributed by atoms with E-state index in [0.29, 0.717) is 49.0 Å². The molecular formula is C19H23N5O4. The standard InChI is InChI=1S/C19H23N5O4/c1-3-15-21-16(28-22-15)13-7-4-5-8-14(13)20-17(25)24-10-6-9-19(12-24)11-23(2)18(26)27-19/h4-5,7-8H,3,6,9-12H2,1-2H3,(H,20,25)/t19-/m0/s1. The first-order chi connectivity index (χ1) is 13.5. The predicted octanol–water partition coefficient (Wildman–Crippen LogP) is 2.75. The van der Waals surface area contributed by atoms with E-state index >= 15 is 0 Å². The van der Waals surface area contributed by atoms with Crippen LogP contribution in [0.3, 0.4) is 0 Å². The van der Waals surface area contributed by atoms with Crippen molar-refractivity contribution in [2.75, 3.05) is 32.0 Å². The van der Waals surface area contributed by atoms with E-state index in [4.69, 9.17) is 9.26 Å². The molecule has 2 saturated heterocycles. The molecule has 3 amide bonds. The fourth-order valence-electron chi connectivity index (χ4n) is 3.76. The van der Waals surface area contributed by atoms with E-state index in [1.54, 1.807) is 22.9 Å². The van der Waals surface area contributed by atoms with Crippen molar-refractivity contribution >= 4 is 17.8 Å². The Kier molecular flexibility index (Phi) is 4.66. The van der Waals surface area contributed by atoms with Crippen LogP contribution in [0.2, 0.25) is 0 Å². The third-order valence-corrected chi connectivity index (χ3v) is 5.15. The smallest absolute Gasteiger partial charge is 0.410 e. The van der Waals surface area contributed by atoms with Crippen LogP contribution in [0.1, 0.15) is 25.6 Å². The van der Waals surface area contributed by atoms with Crippen molar-refractivity contribution in [2.24, 2.45) is 0 Å². The monoisotopic (exact) mass is 385 g/mol.